The summed E-state index contributed by atoms with van der Waals surface area (Å²) in [5, 5.41) is 10.6. The van der Waals surface area contributed by atoms with E-state index < -0.39 is 12.0 Å². The van der Waals surface area contributed by atoms with Crippen molar-refractivity contribution in [2.45, 2.75) is 13.0 Å². The first-order chi connectivity index (χ1) is 4.57. The van der Waals surface area contributed by atoms with Crippen LogP contribution in [0.5, 0.6) is 0 Å². The number of thiol groups is 1. The monoisotopic (exact) mass is 219 g/mol. The number of rotatable bonds is 3. The largest absolute Gasteiger partial charge is 0.480 e. The minimum Gasteiger partial charge on any atom is -0.480 e. The summed E-state index contributed by atoms with van der Waals surface area (Å²) in [4.78, 5) is 20.5. The molecule has 0 unspecified atom stereocenters. The summed E-state index contributed by atoms with van der Waals surface area (Å²) in [6.07, 6.45) is 0. The van der Waals surface area contributed by atoms with Gasteiger partial charge in [0.15, 0.2) is 0 Å². The van der Waals surface area contributed by atoms with E-state index in [1.807, 2.05) is 0 Å². The zero-order valence-corrected chi connectivity index (χ0v) is 7.85. The van der Waals surface area contributed by atoms with Gasteiger partial charge in [-0.25, -0.2) is 4.79 Å². The van der Waals surface area contributed by atoms with Gasteiger partial charge in [0.05, 0.1) is 0 Å². The molecular formula is C5H9FeNO3S. The fraction of sp³-hybridized carbons (Fsp3) is 0.600. The molecule has 66 valence electrons. The summed E-state index contributed by atoms with van der Waals surface area (Å²) in [6, 6.07) is -0.874. The molecular weight excluding hydrogens is 210 g/mol. The summed E-state index contributed by atoms with van der Waals surface area (Å²) in [7, 11) is 0. The summed E-state index contributed by atoms with van der Waals surface area (Å²) >= 11 is 3.73. The molecule has 0 bridgehead atoms. The Bertz CT molecular complexity index is 153. The first-order valence-corrected chi connectivity index (χ1v) is 3.32. The Balaban J connectivity index is 0. The number of hydrogen-bond donors (Lipinski definition) is 3. The van der Waals surface area contributed by atoms with Crippen LogP contribution in [0.4, 0.5) is 0 Å². The zero-order chi connectivity index (χ0) is 8.15. The van der Waals surface area contributed by atoms with Gasteiger partial charge in [-0.1, -0.05) is 0 Å². The van der Waals surface area contributed by atoms with E-state index >= 15 is 0 Å². The molecule has 6 heteroatoms. The van der Waals surface area contributed by atoms with E-state index in [-0.39, 0.29) is 28.7 Å². The normalized spacial score (nSPS) is 11.1. The number of carbonyl (C=O) groups excluding carboxylic acids is 1. The molecule has 0 aromatic heterocycles. The molecule has 0 aliphatic carbocycles. The van der Waals surface area contributed by atoms with Crippen LogP contribution in [0.25, 0.3) is 0 Å². The van der Waals surface area contributed by atoms with Gasteiger partial charge in [-0.05, 0) is 0 Å². The first kappa shape index (κ1) is 13.4. The summed E-state index contributed by atoms with van der Waals surface area (Å²) < 4.78 is 0. The molecule has 11 heavy (non-hydrogen) atoms. The maximum atomic E-state index is 10.3. The van der Waals surface area contributed by atoms with Crippen molar-refractivity contribution in [2.24, 2.45) is 0 Å². The molecule has 0 saturated carbocycles. The van der Waals surface area contributed by atoms with E-state index in [1.54, 1.807) is 0 Å². The van der Waals surface area contributed by atoms with Crippen molar-refractivity contribution in [2.75, 3.05) is 5.75 Å². The second kappa shape index (κ2) is 6.52. The maximum Gasteiger partial charge on any atom is 0.327 e. The molecule has 0 aromatic carbocycles. The molecule has 0 spiro atoms. The molecule has 0 saturated heterocycles. The number of aliphatic carboxylic acids is 1. The van der Waals surface area contributed by atoms with Crippen LogP contribution in [0.2, 0.25) is 0 Å². The van der Waals surface area contributed by atoms with E-state index in [4.69, 9.17) is 5.11 Å². The average Bonchev–Trinajstić information content (AvgIpc) is 1.81. The minimum atomic E-state index is -1.06. The van der Waals surface area contributed by atoms with Crippen molar-refractivity contribution < 1.29 is 31.8 Å². The number of carboxylic acids is 1. The van der Waals surface area contributed by atoms with Gasteiger partial charge in [0.25, 0.3) is 0 Å². The second-order valence-corrected chi connectivity index (χ2v) is 2.14. The van der Waals surface area contributed by atoms with Crippen molar-refractivity contribution in [3.63, 3.8) is 0 Å². The van der Waals surface area contributed by atoms with Gasteiger partial charge in [0.2, 0.25) is 5.91 Å². The molecule has 1 amide bonds. The fourth-order valence-electron chi connectivity index (χ4n) is 0.431. The molecule has 0 aliphatic heterocycles. The van der Waals surface area contributed by atoms with Gasteiger partial charge in [-0.3, -0.25) is 4.79 Å². The van der Waals surface area contributed by atoms with Crippen molar-refractivity contribution in [1.82, 2.24) is 5.32 Å². The van der Waals surface area contributed by atoms with E-state index in [2.05, 4.69) is 17.9 Å². The predicted octanol–water partition coefficient (Wildman–Crippen LogP) is -0.497. The van der Waals surface area contributed by atoms with Crippen LogP contribution in [0.1, 0.15) is 6.92 Å². The third kappa shape index (κ3) is 6.22. The van der Waals surface area contributed by atoms with Gasteiger partial charge in [-0.2, -0.15) is 12.6 Å². The fourth-order valence-corrected chi connectivity index (χ4v) is 0.678. The second-order valence-electron chi connectivity index (χ2n) is 1.77. The molecule has 0 fully saturated rings. The molecule has 0 radical (unpaired) electrons. The molecule has 0 aliphatic rings. The van der Waals surface area contributed by atoms with Crippen LogP contribution in [0.3, 0.4) is 0 Å². The Kier molecular flexibility index (Phi) is 7.94. The van der Waals surface area contributed by atoms with Gasteiger partial charge < -0.3 is 10.4 Å². The van der Waals surface area contributed by atoms with E-state index in [0.717, 1.165) is 0 Å². The SMILES string of the molecule is CC(=O)N[C@@H](CS)C(=O)O.[Fe]. The standard InChI is InChI=1S/C5H9NO3S.Fe/c1-3(7)6-4(2-10)5(8)9;/h4,10H,2H2,1H3,(H,6,7)(H,8,9);/t4-;/m0./s1. The van der Waals surface area contributed by atoms with Gasteiger partial charge in [-0.15, -0.1) is 0 Å². The number of carbonyl (C=O) groups is 2. The maximum absolute atomic E-state index is 10.3. The zero-order valence-electron chi connectivity index (χ0n) is 5.85. The van der Waals surface area contributed by atoms with Crippen LogP contribution in [0, 0.1) is 0 Å². The van der Waals surface area contributed by atoms with Crippen LogP contribution in [-0.4, -0.2) is 28.8 Å². The third-order valence-corrected chi connectivity index (χ3v) is 1.22. The van der Waals surface area contributed by atoms with Crippen molar-refractivity contribution in [3.05, 3.63) is 0 Å². The number of nitrogens with one attached hydrogen (secondary N) is 1. The molecule has 0 heterocycles. The van der Waals surface area contributed by atoms with Crippen molar-refractivity contribution in [1.29, 1.82) is 0 Å². The molecule has 0 rings (SSSR count). The van der Waals surface area contributed by atoms with Gasteiger partial charge >= 0.3 is 5.97 Å². The van der Waals surface area contributed by atoms with E-state index in [1.165, 1.54) is 6.92 Å². The molecule has 0 aromatic rings. The topological polar surface area (TPSA) is 66.4 Å². The predicted molar refractivity (Wildman–Crippen MR) is 39.1 cm³/mol. The Morgan fingerprint density at radius 2 is 2.09 bits per heavy atom. The quantitative estimate of drug-likeness (QED) is 0.443. The van der Waals surface area contributed by atoms with E-state index in [9.17, 15) is 9.59 Å². The van der Waals surface area contributed by atoms with Crippen molar-refractivity contribution >= 4 is 24.5 Å². The summed E-state index contributed by atoms with van der Waals surface area (Å²) in [5.41, 5.74) is 0. The third-order valence-electron chi connectivity index (χ3n) is 0.858. The average molecular weight is 219 g/mol. The molecule has 2 N–H and O–H groups in total. The number of amides is 1. The number of hydrogen-bond acceptors (Lipinski definition) is 3. The van der Waals surface area contributed by atoms with E-state index in [0.29, 0.717) is 0 Å². The first-order valence-electron chi connectivity index (χ1n) is 2.68. The summed E-state index contributed by atoms with van der Waals surface area (Å²) in [5.74, 6) is -1.32. The number of carboxylic acid groups (broad SMARTS) is 1. The molecule has 4 nitrogen and oxygen atoms in total. The Morgan fingerprint density at radius 1 is 1.64 bits per heavy atom. The summed E-state index contributed by atoms with van der Waals surface area (Å²) in [6.45, 7) is 1.26. The van der Waals surface area contributed by atoms with Crippen LogP contribution < -0.4 is 5.32 Å². The van der Waals surface area contributed by atoms with Gasteiger partial charge in [0, 0.05) is 29.7 Å². The van der Waals surface area contributed by atoms with Crippen LogP contribution in [-0.2, 0) is 26.7 Å². The minimum absolute atomic E-state index is 0. The van der Waals surface area contributed by atoms with Crippen LogP contribution in [0.15, 0.2) is 0 Å². The molecule has 1 atom stereocenters. The Morgan fingerprint density at radius 3 is 2.18 bits per heavy atom. The van der Waals surface area contributed by atoms with Gasteiger partial charge in [0.1, 0.15) is 6.04 Å². The van der Waals surface area contributed by atoms with Crippen LogP contribution >= 0.6 is 12.6 Å². The Hall–Kier alpha value is -0.191. The Labute approximate surface area is 80.6 Å². The van der Waals surface area contributed by atoms with Crippen molar-refractivity contribution in [3.8, 4) is 0 Å². The smallest absolute Gasteiger partial charge is 0.327 e.